The third-order valence-corrected chi connectivity index (χ3v) is 2.66. The Kier molecular flexibility index (Phi) is 6.03. The normalized spacial score (nSPS) is 15.3. The molecule has 0 N–H and O–H groups in total. The average Bonchev–Trinajstić information content (AvgIpc) is 1.88. The van der Waals surface area contributed by atoms with Crippen LogP contribution in [0, 0.1) is 0 Å². The van der Waals surface area contributed by atoms with Crippen LogP contribution >= 0.6 is 11.6 Å². The summed E-state index contributed by atoms with van der Waals surface area (Å²) >= 11 is 5.61. The highest BCUT2D eigenvalue weighted by Crippen LogP contribution is 2.08. The van der Waals surface area contributed by atoms with Crippen LogP contribution in [0.4, 0.5) is 0 Å². The lowest BCUT2D eigenvalue weighted by Crippen LogP contribution is -1.83. The second-order valence-corrected chi connectivity index (χ2v) is 4.08. The second kappa shape index (κ2) is 5.93. The molecule has 0 aliphatic heterocycles. The number of unbranched alkanes of at least 4 members (excludes halogenated alkanes) is 2. The predicted octanol–water partition coefficient (Wildman–Crippen LogP) is 2.64. The number of halogens is 1. The van der Waals surface area contributed by atoms with E-state index in [4.69, 9.17) is 11.6 Å². The van der Waals surface area contributed by atoms with Crippen LogP contribution in [0.5, 0.6) is 0 Å². The molecule has 3 heteroatoms. The van der Waals surface area contributed by atoms with Crippen molar-refractivity contribution in [1.29, 1.82) is 0 Å². The third kappa shape index (κ3) is 5.00. The summed E-state index contributed by atoms with van der Waals surface area (Å²) in [5.74, 6) is 0. The summed E-state index contributed by atoms with van der Waals surface area (Å²) in [6.45, 7) is 2.12. The van der Waals surface area contributed by atoms with Gasteiger partial charge in [0, 0.05) is 6.26 Å². The van der Waals surface area contributed by atoms with Crippen molar-refractivity contribution in [1.82, 2.24) is 0 Å². The van der Waals surface area contributed by atoms with Crippen LogP contribution in [0.25, 0.3) is 0 Å². The summed E-state index contributed by atoms with van der Waals surface area (Å²) in [4.78, 5) is 0. The maximum atomic E-state index is 10.6. The van der Waals surface area contributed by atoms with Gasteiger partial charge in [-0.15, -0.1) is 0 Å². The molecule has 0 fully saturated rings. The van der Waals surface area contributed by atoms with Gasteiger partial charge >= 0.3 is 0 Å². The first-order valence-corrected chi connectivity index (χ1v) is 5.31. The van der Waals surface area contributed by atoms with Gasteiger partial charge < -0.3 is 0 Å². The molecule has 10 heavy (non-hydrogen) atoms. The molecular formula is C7H13ClOS. The largest absolute Gasteiger partial charge is 0.254 e. The lowest BCUT2D eigenvalue weighted by molar-refractivity contribution is 0.691. The van der Waals surface area contributed by atoms with Crippen molar-refractivity contribution < 1.29 is 4.21 Å². The Morgan fingerprint density at radius 3 is 2.70 bits per heavy atom. The Balaban J connectivity index is 3.58. The van der Waals surface area contributed by atoms with E-state index >= 15 is 0 Å². The highest BCUT2D eigenvalue weighted by atomic mass is 35.5. The quantitative estimate of drug-likeness (QED) is 0.608. The topological polar surface area (TPSA) is 17.1 Å². The fourth-order valence-corrected chi connectivity index (χ4v) is 0.999. The molecule has 0 rings (SSSR count). The zero-order valence-corrected chi connectivity index (χ0v) is 7.97. The number of hydrogen-bond donors (Lipinski definition) is 0. The Hall–Kier alpha value is 0.180. The Labute approximate surface area is 69.9 Å². The van der Waals surface area contributed by atoms with Gasteiger partial charge in [0.1, 0.15) is 4.36 Å². The molecule has 0 aromatic carbocycles. The lowest BCUT2D eigenvalue weighted by Gasteiger charge is -1.91. The number of hydrogen-bond acceptors (Lipinski definition) is 1. The molecule has 0 heterocycles. The zero-order valence-electron chi connectivity index (χ0n) is 6.39. The summed E-state index contributed by atoms with van der Waals surface area (Å²) in [5.41, 5.74) is 0. The van der Waals surface area contributed by atoms with Crippen molar-refractivity contribution in [2.75, 3.05) is 6.26 Å². The Bertz CT molecular complexity index is 143. The third-order valence-electron chi connectivity index (χ3n) is 1.14. The zero-order chi connectivity index (χ0) is 7.98. The van der Waals surface area contributed by atoms with E-state index in [0.29, 0.717) is 4.36 Å². The van der Waals surface area contributed by atoms with E-state index in [2.05, 4.69) is 6.92 Å². The van der Waals surface area contributed by atoms with Gasteiger partial charge in [-0.05, 0) is 6.42 Å². The summed E-state index contributed by atoms with van der Waals surface area (Å²) < 4.78 is 11.1. The maximum Gasteiger partial charge on any atom is 0.100 e. The maximum absolute atomic E-state index is 10.6. The SMILES string of the molecule is CCCC/C=C(\Cl)S(C)=O. The minimum absolute atomic E-state index is 0.480. The minimum atomic E-state index is -0.987. The second-order valence-electron chi connectivity index (χ2n) is 2.10. The van der Waals surface area contributed by atoms with Gasteiger partial charge in [-0.1, -0.05) is 37.4 Å². The van der Waals surface area contributed by atoms with E-state index in [1.165, 1.54) is 0 Å². The van der Waals surface area contributed by atoms with Crippen LogP contribution in [-0.4, -0.2) is 10.5 Å². The first kappa shape index (κ1) is 10.2. The molecule has 1 nitrogen and oxygen atoms in total. The highest BCUT2D eigenvalue weighted by molar-refractivity contribution is 7.90. The molecule has 0 radical (unpaired) electrons. The fourth-order valence-electron chi connectivity index (χ4n) is 0.537. The van der Waals surface area contributed by atoms with Crippen molar-refractivity contribution in [2.45, 2.75) is 26.2 Å². The van der Waals surface area contributed by atoms with E-state index < -0.39 is 10.8 Å². The molecule has 0 amide bonds. The predicted molar refractivity (Wildman–Crippen MR) is 47.5 cm³/mol. The molecule has 60 valence electrons. The van der Waals surface area contributed by atoms with E-state index in [-0.39, 0.29) is 0 Å². The van der Waals surface area contributed by atoms with Crippen LogP contribution in [0.2, 0.25) is 0 Å². The van der Waals surface area contributed by atoms with Crippen LogP contribution in [0.3, 0.4) is 0 Å². The highest BCUT2D eigenvalue weighted by Gasteiger charge is 1.93. The summed E-state index contributed by atoms with van der Waals surface area (Å²) in [7, 11) is -0.987. The standard InChI is InChI=1S/C7H13ClOS/c1-3-4-5-6-7(8)10(2)9/h6H,3-5H2,1-2H3/b7-6+. The van der Waals surface area contributed by atoms with Crippen LogP contribution in [-0.2, 0) is 10.8 Å². The smallest absolute Gasteiger partial charge is 0.100 e. The molecule has 0 saturated heterocycles. The van der Waals surface area contributed by atoms with Crippen molar-refractivity contribution in [3.8, 4) is 0 Å². The molecular weight excluding hydrogens is 168 g/mol. The van der Waals surface area contributed by atoms with Gasteiger partial charge in [-0.2, -0.15) is 0 Å². The lowest BCUT2D eigenvalue weighted by atomic mass is 10.2. The Morgan fingerprint density at radius 2 is 2.30 bits per heavy atom. The average molecular weight is 181 g/mol. The van der Waals surface area contributed by atoms with Crippen molar-refractivity contribution in [2.24, 2.45) is 0 Å². The van der Waals surface area contributed by atoms with E-state index in [0.717, 1.165) is 19.3 Å². The first-order valence-electron chi connectivity index (χ1n) is 3.37. The van der Waals surface area contributed by atoms with Gasteiger partial charge in [0.25, 0.3) is 0 Å². The van der Waals surface area contributed by atoms with Crippen molar-refractivity contribution in [3.63, 3.8) is 0 Å². The van der Waals surface area contributed by atoms with Gasteiger partial charge in [-0.3, -0.25) is 4.21 Å². The molecule has 0 bridgehead atoms. The van der Waals surface area contributed by atoms with Gasteiger partial charge in [-0.25, -0.2) is 0 Å². The first-order chi connectivity index (χ1) is 4.68. The summed E-state index contributed by atoms with van der Waals surface area (Å²) in [6.07, 6.45) is 6.63. The van der Waals surface area contributed by atoms with Gasteiger partial charge in [0.15, 0.2) is 0 Å². The van der Waals surface area contributed by atoms with Crippen LogP contribution < -0.4 is 0 Å². The monoisotopic (exact) mass is 180 g/mol. The Morgan fingerprint density at radius 1 is 1.70 bits per heavy atom. The molecule has 1 unspecified atom stereocenters. The van der Waals surface area contributed by atoms with E-state index in [1.807, 2.05) is 6.08 Å². The minimum Gasteiger partial charge on any atom is -0.254 e. The van der Waals surface area contributed by atoms with Gasteiger partial charge in [0.2, 0.25) is 0 Å². The number of rotatable bonds is 4. The van der Waals surface area contributed by atoms with Crippen molar-refractivity contribution in [3.05, 3.63) is 10.4 Å². The van der Waals surface area contributed by atoms with Crippen LogP contribution in [0.1, 0.15) is 26.2 Å². The molecule has 0 saturated carbocycles. The van der Waals surface area contributed by atoms with E-state index in [9.17, 15) is 4.21 Å². The van der Waals surface area contributed by atoms with Crippen molar-refractivity contribution >= 4 is 22.4 Å². The molecule has 0 aromatic heterocycles. The molecule has 0 aliphatic rings. The summed E-state index contributed by atoms with van der Waals surface area (Å²) in [6, 6.07) is 0. The molecule has 0 spiro atoms. The molecule has 0 aliphatic carbocycles. The molecule has 0 aromatic rings. The van der Waals surface area contributed by atoms with Crippen LogP contribution in [0.15, 0.2) is 10.4 Å². The molecule has 1 atom stereocenters. The van der Waals surface area contributed by atoms with Gasteiger partial charge in [0.05, 0.1) is 10.8 Å². The summed E-state index contributed by atoms with van der Waals surface area (Å²) in [5, 5.41) is 0. The van der Waals surface area contributed by atoms with E-state index in [1.54, 1.807) is 6.26 Å². The fraction of sp³-hybridized carbons (Fsp3) is 0.714. The number of allylic oxidation sites excluding steroid dienone is 1.